The van der Waals surface area contributed by atoms with Gasteiger partial charge < -0.3 is 24.8 Å². The molecule has 1 fully saturated rings. The average Bonchev–Trinajstić information content (AvgIpc) is 3.43. The van der Waals surface area contributed by atoms with E-state index in [1.807, 2.05) is 43.3 Å². The van der Waals surface area contributed by atoms with Crippen molar-refractivity contribution in [2.75, 3.05) is 19.5 Å². The first kappa shape index (κ1) is 23.1. The summed E-state index contributed by atoms with van der Waals surface area (Å²) < 4.78 is 16.9. The molecule has 33 heavy (non-hydrogen) atoms. The number of ether oxygens (including phenoxy) is 3. The van der Waals surface area contributed by atoms with Gasteiger partial charge in [-0.15, -0.1) is 0 Å². The molecule has 0 spiro atoms. The number of rotatable bonds is 9. The Kier molecular flexibility index (Phi) is 7.47. The van der Waals surface area contributed by atoms with Gasteiger partial charge in [0.15, 0.2) is 5.13 Å². The summed E-state index contributed by atoms with van der Waals surface area (Å²) in [5.74, 6) is 1.25. The summed E-state index contributed by atoms with van der Waals surface area (Å²) in [5, 5.41) is 7.05. The first-order valence-corrected chi connectivity index (χ1v) is 11.8. The standard InChI is InChI=1S/C25H29N3O4S/c1-16-23(33-25(26-16)28-20-14-18(30-2)12-13-21(20)31-3)24(29)27-19-10-7-11-22(19)32-15-17-8-5-4-6-9-17/h4-6,8-9,12-14,19,22H,7,10-11,15H2,1-3H3,(H,26,28)(H,27,29)/t19-,22-/m1/s1. The molecule has 1 saturated carbocycles. The van der Waals surface area contributed by atoms with Crippen molar-refractivity contribution in [2.24, 2.45) is 0 Å². The van der Waals surface area contributed by atoms with Crippen molar-refractivity contribution in [3.8, 4) is 11.5 Å². The lowest BCUT2D eigenvalue weighted by molar-refractivity contribution is 0.0272. The van der Waals surface area contributed by atoms with Crippen LogP contribution < -0.4 is 20.1 Å². The van der Waals surface area contributed by atoms with Crippen molar-refractivity contribution in [3.63, 3.8) is 0 Å². The van der Waals surface area contributed by atoms with E-state index >= 15 is 0 Å². The number of aromatic nitrogens is 1. The topological polar surface area (TPSA) is 81.7 Å². The van der Waals surface area contributed by atoms with Gasteiger partial charge >= 0.3 is 0 Å². The predicted molar refractivity (Wildman–Crippen MR) is 130 cm³/mol. The number of anilines is 2. The van der Waals surface area contributed by atoms with Crippen LogP contribution in [-0.2, 0) is 11.3 Å². The Morgan fingerprint density at radius 1 is 1.12 bits per heavy atom. The van der Waals surface area contributed by atoms with Crippen LogP contribution in [0.4, 0.5) is 10.8 Å². The molecule has 3 aromatic rings. The Hall–Kier alpha value is -3.10. The van der Waals surface area contributed by atoms with Crippen molar-refractivity contribution in [1.82, 2.24) is 10.3 Å². The molecule has 4 rings (SSSR count). The highest BCUT2D eigenvalue weighted by molar-refractivity contribution is 7.17. The molecule has 1 aliphatic carbocycles. The smallest absolute Gasteiger partial charge is 0.263 e. The third-order valence-electron chi connectivity index (χ3n) is 5.73. The average molecular weight is 468 g/mol. The van der Waals surface area contributed by atoms with Gasteiger partial charge in [0.2, 0.25) is 0 Å². The number of carbonyl (C=O) groups is 1. The van der Waals surface area contributed by atoms with Crippen LogP contribution >= 0.6 is 11.3 Å². The molecule has 0 radical (unpaired) electrons. The number of nitrogens with zero attached hydrogens (tertiary/aromatic N) is 1. The summed E-state index contributed by atoms with van der Waals surface area (Å²) in [6, 6.07) is 15.6. The summed E-state index contributed by atoms with van der Waals surface area (Å²) in [7, 11) is 3.22. The quantitative estimate of drug-likeness (QED) is 0.457. The minimum atomic E-state index is -0.115. The predicted octanol–water partition coefficient (Wildman–Crippen LogP) is 5.08. The molecule has 174 valence electrons. The highest BCUT2D eigenvalue weighted by Crippen LogP contribution is 2.34. The lowest BCUT2D eigenvalue weighted by Gasteiger charge is -2.21. The molecule has 1 amide bonds. The van der Waals surface area contributed by atoms with Crippen LogP contribution in [0.5, 0.6) is 11.5 Å². The van der Waals surface area contributed by atoms with Gasteiger partial charge in [-0.05, 0) is 43.9 Å². The van der Waals surface area contributed by atoms with Crippen molar-refractivity contribution in [2.45, 2.75) is 44.9 Å². The fourth-order valence-corrected chi connectivity index (χ4v) is 4.87. The molecule has 1 aliphatic rings. The Bertz CT molecular complexity index is 1090. The van der Waals surface area contributed by atoms with Crippen molar-refractivity contribution >= 4 is 28.1 Å². The number of thiazole rings is 1. The van der Waals surface area contributed by atoms with Crippen LogP contribution in [0.2, 0.25) is 0 Å². The Labute approximate surface area is 198 Å². The van der Waals surface area contributed by atoms with E-state index in [1.54, 1.807) is 14.2 Å². The molecule has 2 atom stereocenters. The number of benzene rings is 2. The van der Waals surface area contributed by atoms with E-state index in [4.69, 9.17) is 14.2 Å². The monoisotopic (exact) mass is 467 g/mol. The summed E-state index contributed by atoms with van der Waals surface area (Å²) >= 11 is 1.32. The third-order valence-corrected chi connectivity index (χ3v) is 6.80. The van der Waals surface area contributed by atoms with Crippen LogP contribution in [0.15, 0.2) is 48.5 Å². The third kappa shape index (κ3) is 5.64. The highest BCUT2D eigenvalue weighted by atomic mass is 32.1. The largest absolute Gasteiger partial charge is 0.497 e. The van der Waals surface area contributed by atoms with Crippen LogP contribution in [-0.4, -0.2) is 37.3 Å². The molecule has 0 unspecified atom stereocenters. The van der Waals surface area contributed by atoms with Crippen LogP contribution in [0.1, 0.15) is 40.2 Å². The number of aryl methyl sites for hydroxylation is 1. The molecule has 0 bridgehead atoms. The maximum Gasteiger partial charge on any atom is 0.263 e. The first-order chi connectivity index (χ1) is 16.1. The van der Waals surface area contributed by atoms with Crippen LogP contribution in [0, 0.1) is 6.92 Å². The fourth-order valence-electron chi connectivity index (χ4n) is 3.99. The number of nitrogens with one attached hydrogen (secondary N) is 2. The second kappa shape index (κ2) is 10.7. The zero-order valence-electron chi connectivity index (χ0n) is 19.1. The van der Waals surface area contributed by atoms with E-state index in [1.165, 1.54) is 11.3 Å². The Morgan fingerprint density at radius 3 is 2.70 bits per heavy atom. The van der Waals surface area contributed by atoms with E-state index in [0.717, 1.165) is 30.5 Å². The van der Waals surface area contributed by atoms with Gasteiger partial charge in [-0.2, -0.15) is 0 Å². The first-order valence-electron chi connectivity index (χ1n) is 11.0. The second-order valence-electron chi connectivity index (χ2n) is 7.97. The van der Waals surface area contributed by atoms with E-state index in [0.29, 0.717) is 33.8 Å². The van der Waals surface area contributed by atoms with Gasteiger partial charge in [-0.25, -0.2) is 4.98 Å². The summed E-state index contributed by atoms with van der Waals surface area (Å²) in [6.45, 7) is 2.39. The maximum atomic E-state index is 13.1. The number of amides is 1. The molecule has 1 heterocycles. The van der Waals surface area contributed by atoms with Crippen LogP contribution in [0.25, 0.3) is 0 Å². The second-order valence-corrected chi connectivity index (χ2v) is 8.97. The molecular weight excluding hydrogens is 438 g/mol. The van der Waals surface area contributed by atoms with Crippen molar-refractivity contribution in [3.05, 3.63) is 64.7 Å². The van der Waals surface area contributed by atoms with Gasteiger partial charge in [0.1, 0.15) is 16.4 Å². The van der Waals surface area contributed by atoms with Gasteiger partial charge in [-0.3, -0.25) is 4.79 Å². The van der Waals surface area contributed by atoms with Gasteiger partial charge in [0, 0.05) is 6.07 Å². The lowest BCUT2D eigenvalue weighted by Crippen LogP contribution is -2.41. The van der Waals surface area contributed by atoms with Gasteiger partial charge in [0.25, 0.3) is 5.91 Å². The fraction of sp³-hybridized carbons (Fsp3) is 0.360. The zero-order chi connectivity index (χ0) is 23.2. The number of hydrogen-bond donors (Lipinski definition) is 2. The van der Waals surface area contributed by atoms with E-state index < -0.39 is 0 Å². The molecule has 7 nitrogen and oxygen atoms in total. The van der Waals surface area contributed by atoms with Crippen molar-refractivity contribution < 1.29 is 19.0 Å². The molecule has 1 aromatic heterocycles. The Morgan fingerprint density at radius 2 is 1.94 bits per heavy atom. The lowest BCUT2D eigenvalue weighted by atomic mass is 10.2. The van der Waals surface area contributed by atoms with Gasteiger partial charge in [0.05, 0.1) is 44.4 Å². The number of hydrogen-bond acceptors (Lipinski definition) is 7. The van der Waals surface area contributed by atoms with Crippen molar-refractivity contribution in [1.29, 1.82) is 0 Å². The summed E-state index contributed by atoms with van der Waals surface area (Å²) in [4.78, 5) is 18.2. The normalized spacial score (nSPS) is 17.5. The molecule has 2 aromatic carbocycles. The highest BCUT2D eigenvalue weighted by Gasteiger charge is 2.30. The van der Waals surface area contributed by atoms with Gasteiger partial charge in [-0.1, -0.05) is 41.7 Å². The summed E-state index contributed by atoms with van der Waals surface area (Å²) in [6.07, 6.45) is 2.91. The number of carbonyl (C=O) groups excluding carboxylic acids is 1. The maximum absolute atomic E-state index is 13.1. The molecule has 0 saturated heterocycles. The van der Waals surface area contributed by atoms with E-state index in [-0.39, 0.29) is 18.1 Å². The zero-order valence-corrected chi connectivity index (χ0v) is 19.9. The van der Waals surface area contributed by atoms with E-state index in [9.17, 15) is 4.79 Å². The minimum Gasteiger partial charge on any atom is -0.497 e. The SMILES string of the molecule is COc1ccc(OC)c(Nc2nc(C)c(C(=O)N[C@@H]3CCC[C@H]3OCc3ccccc3)s2)c1. The molecule has 8 heteroatoms. The summed E-state index contributed by atoms with van der Waals surface area (Å²) in [5.41, 5.74) is 2.54. The molecule has 0 aliphatic heterocycles. The Balaban J connectivity index is 1.41. The van der Waals surface area contributed by atoms with Crippen LogP contribution in [0.3, 0.4) is 0 Å². The molecular formula is C25H29N3O4S. The van der Waals surface area contributed by atoms with E-state index in [2.05, 4.69) is 27.8 Å². The minimum absolute atomic E-state index is 0.00222. The number of methoxy groups -OCH3 is 2. The molecule has 2 N–H and O–H groups in total.